The van der Waals surface area contributed by atoms with Crippen LogP contribution in [0.3, 0.4) is 0 Å². The molecule has 0 saturated heterocycles. The molecule has 0 aromatic carbocycles. The van der Waals surface area contributed by atoms with Crippen molar-refractivity contribution in [1.29, 1.82) is 0 Å². The topological polar surface area (TPSA) is 55.1 Å². The van der Waals surface area contributed by atoms with E-state index in [0.29, 0.717) is 18.3 Å². The predicted molar refractivity (Wildman–Crippen MR) is 68.8 cm³/mol. The maximum Gasteiger partial charge on any atom is 0.241 e. The molecule has 0 bridgehead atoms. The van der Waals surface area contributed by atoms with Crippen molar-refractivity contribution in [2.45, 2.75) is 26.3 Å². The van der Waals surface area contributed by atoms with E-state index in [0.717, 1.165) is 12.1 Å². The van der Waals surface area contributed by atoms with Gasteiger partial charge in [0.1, 0.15) is 0 Å². The van der Waals surface area contributed by atoms with E-state index in [4.69, 9.17) is 4.52 Å². The second-order valence-corrected chi connectivity index (χ2v) is 4.34. The van der Waals surface area contributed by atoms with E-state index in [9.17, 15) is 0 Å². The molecule has 0 atom stereocenters. The van der Waals surface area contributed by atoms with E-state index in [-0.39, 0.29) is 0 Å². The fourth-order valence-corrected chi connectivity index (χ4v) is 1.67. The van der Waals surface area contributed by atoms with Crippen LogP contribution in [0.15, 0.2) is 29.0 Å². The summed E-state index contributed by atoms with van der Waals surface area (Å²) in [5.74, 6) is 1.24. The first-order valence-electron chi connectivity index (χ1n) is 6.21. The van der Waals surface area contributed by atoms with Crippen LogP contribution in [0.2, 0.25) is 0 Å². The zero-order valence-electron chi connectivity index (χ0n) is 10.8. The Hall–Kier alpha value is -1.75. The van der Waals surface area contributed by atoms with Gasteiger partial charge in [-0.1, -0.05) is 18.5 Å². The first kappa shape index (κ1) is 12.7. The molecule has 0 aliphatic heterocycles. The largest absolute Gasteiger partial charge is 0.338 e. The molecule has 2 aromatic rings. The van der Waals surface area contributed by atoms with Gasteiger partial charge in [-0.05, 0) is 32.1 Å². The molecule has 0 amide bonds. The maximum absolute atomic E-state index is 5.24. The number of pyridine rings is 1. The van der Waals surface area contributed by atoms with Gasteiger partial charge < -0.3 is 4.52 Å². The molecule has 0 aliphatic carbocycles. The number of rotatable bonds is 6. The van der Waals surface area contributed by atoms with E-state index in [1.54, 1.807) is 12.4 Å². The summed E-state index contributed by atoms with van der Waals surface area (Å²) >= 11 is 0. The Bertz CT molecular complexity index is 469. The summed E-state index contributed by atoms with van der Waals surface area (Å²) < 4.78 is 5.24. The highest BCUT2D eigenvalue weighted by Crippen LogP contribution is 2.14. The Kier molecular flexibility index (Phi) is 4.41. The summed E-state index contributed by atoms with van der Waals surface area (Å²) in [4.78, 5) is 10.6. The number of nitrogens with zero attached hydrogens (tertiary/aromatic N) is 4. The molecule has 5 heteroatoms. The monoisotopic (exact) mass is 246 g/mol. The Labute approximate surface area is 107 Å². The standard InChI is InChI=1S/C13H18N4O/c1-3-4-8-17(2)10-12-15-13(16-18-12)11-6-5-7-14-9-11/h5-7,9H,3-4,8,10H2,1-2H3. The van der Waals surface area contributed by atoms with Crippen LogP contribution in [-0.4, -0.2) is 33.6 Å². The van der Waals surface area contributed by atoms with E-state index in [2.05, 4.69) is 34.0 Å². The van der Waals surface area contributed by atoms with Crippen LogP contribution < -0.4 is 0 Å². The van der Waals surface area contributed by atoms with Crippen molar-refractivity contribution in [2.75, 3.05) is 13.6 Å². The minimum absolute atomic E-state index is 0.599. The minimum atomic E-state index is 0.599. The average Bonchev–Trinajstić information content (AvgIpc) is 2.86. The van der Waals surface area contributed by atoms with Crippen LogP contribution in [-0.2, 0) is 6.54 Å². The highest BCUT2D eigenvalue weighted by atomic mass is 16.5. The minimum Gasteiger partial charge on any atom is -0.338 e. The van der Waals surface area contributed by atoms with Gasteiger partial charge in [-0.15, -0.1) is 0 Å². The Morgan fingerprint density at radius 3 is 3.00 bits per heavy atom. The number of hydrogen-bond acceptors (Lipinski definition) is 5. The van der Waals surface area contributed by atoms with Crippen molar-refractivity contribution in [2.24, 2.45) is 0 Å². The third-order valence-corrected chi connectivity index (χ3v) is 2.69. The molecule has 18 heavy (non-hydrogen) atoms. The molecule has 5 nitrogen and oxygen atoms in total. The summed E-state index contributed by atoms with van der Waals surface area (Å²) in [5, 5.41) is 3.97. The Morgan fingerprint density at radius 2 is 2.28 bits per heavy atom. The van der Waals surface area contributed by atoms with E-state index in [1.165, 1.54) is 12.8 Å². The molecule has 2 rings (SSSR count). The van der Waals surface area contributed by atoms with Gasteiger partial charge in [0.25, 0.3) is 0 Å². The molecular formula is C13H18N4O. The van der Waals surface area contributed by atoms with Gasteiger partial charge >= 0.3 is 0 Å². The molecule has 0 unspecified atom stereocenters. The van der Waals surface area contributed by atoms with Crippen molar-refractivity contribution >= 4 is 0 Å². The molecule has 0 radical (unpaired) electrons. The number of hydrogen-bond donors (Lipinski definition) is 0. The summed E-state index contributed by atoms with van der Waals surface area (Å²) in [6.07, 6.45) is 5.83. The van der Waals surface area contributed by atoms with Gasteiger partial charge in [-0.3, -0.25) is 9.88 Å². The molecule has 0 N–H and O–H groups in total. The van der Waals surface area contributed by atoms with E-state index < -0.39 is 0 Å². The van der Waals surface area contributed by atoms with Gasteiger partial charge in [0.2, 0.25) is 11.7 Å². The quantitative estimate of drug-likeness (QED) is 0.783. The summed E-state index contributed by atoms with van der Waals surface area (Å²) in [6.45, 7) is 3.91. The highest BCUT2D eigenvalue weighted by molar-refractivity contribution is 5.51. The fourth-order valence-electron chi connectivity index (χ4n) is 1.67. The van der Waals surface area contributed by atoms with Crippen LogP contribution in [0.4, 0.5) is 0 Å². The molecule has 2 aromatic heterocycles. The average molecular weight is 246 g/mol. The third-order valence-electron chi connectivity index (χ3n) is 2.69. The second kappa shape index (κ2) is 6.26. The first-order valence-corrected chi connectivity index (χ1v) is 6.21. The van der Waals surface area contributed by atoms with Crippen LogP contribution in [0.1, 0.15) is 25.7 Å². The highest BCUT2D eigenvalue weighted by Gasteiger charge is 2.10. The number of aromatic nitrogens is 3. The molecule has 0 aliphatic rings. The zero-order chi connectivity index (χ0) is 12.8. The van der Waals surface area contributed by atoms with Gasteiger partial charge in [-0.2, -0.15) is 4.98 Å². The Balaban J connectivity index is 1.98. The summed E-state index contributed by atoms with van der Waals surface area (Å²) in [5.41, 5.74) is 0.878. The normalized spacial score (nSPS) is 11.1. The number of unbranched alkanes of at least 4 members (excludes halogenated alkanes) is 1. The smallest absolute Gasteiger partial charge is 0.241 e. The van der Waals surface area contributed by atoms with Crippen molar-refractivity contribution in [3.8, 4) is 11.4 Å². The molecule has 96 valence electrons. The lowest BCUT2D eigenvalue weighted by Gasteiger charge is -2.12. The van der Waals surface area contributed by atoms with Crippen molar-refractivity contribution in [3.05, 3.63) is 30.4 Å². The molecule has 0 spiro atoms. The van der Waals surface area contributed by atoms with Crippen LogP contribution in [0, 0.1) is 0 Å². The third kappa shape index (κ3) is 3.37. The van der Waals surface area contributed by atoms with Crippen LogP contribution >= 0.6 is 0 Å². The SMILES string of the molecule is CCCCN(C)Cc1nc(-c2cccnc2)no1. The maximum atomic E-state index is 5.24. The molecule has 2 heterocycles. The van der Waals surface area contributed by atoms with E-state index in [1.807, 2.05) is 12.1 Å². The lowest BCUT2D eigenvalue weighted by Crippen LogP contribution is -2.19. The summed E-state index contributed by atoms with van der Waals surface area (Å²) in [6, 6.07) is 3.78. The first-order chi connectivity index (χ1) is 8.79. The molecular weight excluding hydrogens is 228 g/mol. The fraction of sp³-hybridized carbons (Fsp3) is 0.462. The van der Waals surface area contributed by atoms with Crippen molar-refractivity contribution in [1.82, 2.24) is 20.0 Å². The second-order valence-electron chi connectivity index (χ2n) is 4.34. The summed E-state index contributed by atoms with van der Waals surface area (Å²) in [7, 11) is 2.06. The van der Waals surface area contributed by atoms with Gasteiger partial charge in [0.05, 0.1) is 6.54 Å². The van der Waals surface area contributed by atoms with Gasteiger partial charge in [-0.25, -0.2) is 0 Å². The van der Waals surface area contributed by atoms with E-state index >= 15 is 0 Å². The van der Waals surface area contributed by atoms with Crippen LogP contribution in [0.5, 0.6) is 0 Å². The predicted octanol–water partition coefficient (Wildman–Crippen LogP) is 2.36. The van der Waals surface area contributed by atoms with Gasteiger partial charge in [0.15, 0.2) is 0 Å². The van der Waals surface area contributed by atoms with Crippen molar-refractivity contribution < 1.29 is 4.52 Å². The van der Waals surface area contributed by atoms with Gasteiger partial charge in [0, 0.05) is 18.0 Å². The van der Waals surface area contributed by atoms with Crippen molar-refractivity contribution in [3.63, 3.8) is 0 Å². The lowest BCUT2D eigenvalue weighted by molar-refractivity contribution is 0.264. The zero-order valence-corrected chi connectivity index (χ0v) is 10.8. The molecule has 0 saturated carbocycles. The molecule has 0 fully saturated rings. The lowest BCUT2D eigenvalue weighted by atomic mass is 10.3. The Morgan fingerprint density at radius 1 is 1.39 bits per heavy atom. The van der Waals surface area contributed by atoms with Crippen LogP contribution in [0.25, 0.3) is 11.4 Å².